The second kappa shape index (κ2) is 9.17. The lowest BCUT2D eigenvalue weighted by Gasteiger charge is -2.38. The first-order chi connectivity index (χ1) is 15.4. The predicted molar refractivity (Wildman–Crippen MR) is 125 cm³/mol. The van der Waals surface area contributed by atoms with Gasteiger partial charge in [0.25, 0.3) is 10.0 Å². The smallest absolute Gasteiger partial charge is 0.265 e. The minimum Gasteiger partial charge on any atom is -0.384 e. The van der Waals surface area contributed by atoms with Gasteiger partial charge >= 0.3 is 0 Å². The van der Waals surface area contributed by atoms with Crippen LogP contribution in [-0.4, -0.2) is 31.1 Å². The standard InChI is InChI=1S/C25H28N4O2S/c1-18-12-14-21(15-13-18)32(30,31)29-17-23(19-8-4-2-5-9-19)24(22(16-26)25(29)27)28-20-10-6-3-7-11-20/h2,4-5,8-9,12-15,20,23,27-28H,3,6-7,10-11,17H2,1H3. The van der Waals surface area contributed by atoms with Crippen LogP contribution < -0.4 is 5.32 Å². The molecule has 2 aromatic carbocycles. The Labute approximate surface area is 190 Å². The summed E-state index contributed by atoms with van der Waals surface area (Å²) in [6.45, 7) is 1.98. The highest BCUT2D eigenvalue weighted by molar-refractivity contribution is 7.89. The average molecular weight is 449 g/mol. The summed E-state index contributed by atoms with van der Waals surface area (Å²) in [5.41, 5.74) is 2.66. The summed E-state index contributed by atoms with van der Waals surface area (Å²) in [7, 11) is -3.97. The van der Waals surface area contributed by atoms with Gasteiger partial charge in [0, 0.05) is 24.2 Å². The molecule has 1 heterocycles. The van der Waals surface area contributed by atoms with Crippen LogP contribution in [0.3, 0.4) is 0 Å². The van der Waals surface area contributed by atoms with E-state index in [9.17, 15) is 13.7 Å². The van der Waals surface area contributed by atoms with E-state index < -0.39 is 10.0 Å². The number of aryl methyl sites for hydroxylation is 1. The monoisotopic (exact) mass is 448 g/mol. The lowest BCUT2D eigenvalue weighted by Crippen LogP contribution is -2.47. The molecule has 6 nitrogen and oxygen atoms in total. The fourth-order valence-corrected chi connectivity index (χ4v) is 5.95. The molecule has 0 radical (unpaired) electrons. The van der Waals surface area contributed by atoms with Crippen molar-refractivity contribution >= 4 is 15.9 Å². The minimum atomic E-state index is -3.97. The van der Waals surface area contributed by atoms with Gasteiger partial charge in [0.05, 0.1) is 4.90 Å². The van der Waals surface area contributed by atoms with Gasteiger partial charge in [-0.1, -0.05) is 67.3 Å². The Bertz CT molecular complexity index is 1160. The van der Waals surface area contributed by atoms with Crippen LogP contribution in [-0.2, 0) is 10.0 Å². The van der Waals surface area contributed by atoms with Gasteiger partial charge in [-0.2, -0.15) is 5.26 Å². The van der Waals surface area contributed by atoms with Crippen LogP contribution >= 0.6 is 0 Å². The molecule has 166 valence electrons. The third-order valence-electron chi connectivity index (χ3n) is 6.34. The molecular formula is C25H28N4O2S. The number of sulfonamides is 1. The quantitative estimate of drug-likeness (QED) is 0.706. The molecule has 1 aliphatic carbocycles. The van der Waals surface area contributed by atoms with Gasteiger partial charge in [-0.25, -0.2) is 12.7 Å². The Balaban J connectivity index is 1.78. The fraction of sp³-hybridized carbons (Fsp3) is 0.360. The Kier molecular flexibility index (Phi) is 6.33. The SMILES string of the molecule is Cc1ccc(S(=O)(=O)N2CC(c3ccccc3)C(NC3CCCCC3)=C(C#N)C2=N)cc1. The van der Waals surface area contributed by atoms with Crippen molar-refractivity contribution < 1.29 is 8.42 Å². The number of hydrogen-bond acceptors (Lipinski definition) is 5. The second-order valence-electron chi connectivity index (χ2n) is 8.54. The molecule has 1 atom stereocenters. The number of benzene rings is 2. The number of nitrogens with zero attached hydrogens (tertiary/aromatic N) is 2. The van der Waals surface area contributed by atoms with Gasteiger partial charge in [0.15, 0.2) is 5.84 Å². The summed E-state index contributed by atoms with van der Waals surface area (Å²) >= 11 is 0. The normalized spacial score (nSPS) is 20.2. The molecule has 32 heavy (non-hydrogen) atoms. The zero-order valence-electron chi connectivity index (χ0n) is 18.2. The van der Waals surface area contributed by atoms with Crippen molar-refractivity contribution in [2.24, 2.45) is 0 Å². The van der Waals surface area contributed by atoms with Gasteiger partial charge in [0.1, 0.15) is 11.6 Å². The fourth-order valence-electron chi connectivity index (χ4n) is 4.54. The molecule has 0 aromatic heterocycles. The van der Waals surface area contributed by atoms with Crippen LogP contribution in [0.25, 0.3) is 0 Å². The van der Waals surface area contributed by atoms with Crippen molar-refractivity contribution in [3.05, 3.63) is 77.0 Å². The van der Waals surface area contributed by atoms with E-state index in [1.807, 2.05) is 37.3 Å². The van der Waals surface area contributed by atoms with Gasteiger partial charge in [-0.05, 0) is 37.5 Å². The molecule has 0 bridgehead atoms. The highest BCUT2D eigenvalue weighted by Crippen LogP contribution is 2.35. The molecule has 0 spiro atoms. The topological polar surface area (TPSA) is 97.1 Å². The number of nitriles is 1. The Morgan fingerprint density at radius 1 is 1.03 bits per heavy atom. The van der Waals surface area contributed by atoms with Crippen molar-refractivity contribution in [3.63, 3.8) is 0 Å². The maximum Gasteiger partial charge on any atom is 0.265 e. The second-order valence-corrected chi connectivity index (χ2v) is 10.4. The molecule has 1 fully saturated rings. The van der Waals surface area contributed by atoms with Crippen LogP contribution in [0.5, 0.6) is 0 Å². The molecule has 2 aromatic rings. The van der Waals surface area contributed by atoms with E-state index in [0.29, 0.717) is 5.70 Å². The van der Waals surface area contributed by atoms with Crippen molar-refractivity contribution in [2.45, 2.75) is 55.9 Å². The van der Waals surface area contributed by atoms with E-state index in [1.54, 1.807) is 24.3 Å². The van der Waals surface area contributed by atoms with Gasteiger partial charge in [-0.15, -0.1) is 0 Å². The van der Waals surface area contributed by atoms with Crippen LogP contribution in [0.15, 0.2) is 70.8 Å². The maximum absolute atomic E-state index is 13.5. The summed E-state index contributed by atoms with van der Waals surface area (Å²) in [6.07, 6.45) is 5.51. The molecule has 0 amide bonds. The molecule has 7 heteroatoms. The lowest BCUT2D eigenvalue weighted by atomic mass is 9.87. The van der Waals surface area contributed by atoms with E-state index in [-0.39, 0.29) is 34.8 Å². The molecule has 1 aliphatic heterocycles. The van der Waals surface area contributed by atoms with E-state index in [2.05, 4.69) is 11.4 Å². The van der Waals surface area contributed by atoms with Crippen molar-refractivity contribution in [2.75, 3.05) is 6.54 Å². The molecule has 2 aliphatic rings. The number of hydrogen-bond donors (Lipinski definition) is 2. The predicted octanol–water partition coefficient (Wildman–Crippen LogP) is 4.46. The van der Waals surface area contributed by atoms with Gasteiger partial charge in [0.2, 0.25) is 0 Å². The largest absolute Gasteiger partial charge is 0.384 e. The summed E-state index contributed by atoms with van der Waals surface area (Å²) in [4.78, 5) is 0.126. The Hall–Kier alpha value is -3.11. The first-order valence-corrected chi connectivity index (χ1v) is 12.5. The van der Waals surface area contributed by atoms with Crippen LogP contribution in [0.1, 0.15) is 49.1 Å². The molecule has 4 rings (SSSR count). The summed E-state index contributed by atoms with van der Waals surface area (Å²) in [5, 5.41) is 22.2. The average Bonchev–Trinajstić information content (AvgIpc) is 2.81. The van der Waals surface area contributed by atoms with Crippen LogP contribution in [0.2, 0.25) is 0 Å². The van der Waals surface area contributed by atoms with Crippen molar-refractivity contribution in [1.29, 1.82) is 10.7 Å². The summed E-state index contributed by atoms with van der Waals surface area (Å²) in [5.74, 6) is -0.610. The summed E-state index contributed by atoms with van der Waals surface area (Å²) in [6, 6.07) is 18.6. The molecule has 0 saturated heterocycles. The molecular weight excluding hydrogens is 420 g/mol. The molecule has 1 saturated carbocycles. The molecule has 2 N–H and O–H groups in total. The van der Waals surface area contributed by atoms with Crippen LogP contribution in [0.4, 0.5) is 0 Å². The Morgan fingerprint density at radius 2 is 1.69 bits per heavy atom. The molecule has 1 unspecified atom stereocenters. The first kappa shape index (κ1) is 22.1. The zero-order valence-corrected chi connectivity index (χ0v) is 19.0. The van der Waals surface area contributed by atoms with Crippen LogP contribution in [0, 0.1) is 23.7 Å². The third kappa shape index (κ3) is 4.28. The number of nitrogens with one attached hydrogen (secondary N) is 2. The maximum atomic E-state index is 13.5. The van der Waals surface area contributed by atoms with Crippen molar-refractivity contribution in [3.8, 4) is 6.07 Å². The van der Waals surface area contributed by atoms with E-state index in [0.717, 1.165) is 41.1 Å². The zero-order chi connectivity index (χ0) is 22.7. The highest BCUT2D eigenvalue weighted by Gasteiger charge is 2.39. The number of amidine groups is 1. The van der Waals surface area contributed by atoms with E-state index >= 15 is 0 Å². The first-order valence-electron chi connectivity index (χ1n) is 11.1. The third-order valence-corrected chi connectivity index (χ3v) is 8.12. The number of rotatable bonds is 5. The van der Waals surface area contributed by atoms with E-state index in [1.165, 1.54) is 6.42 Å². The van der Waals surface area contributed by atoms with E-state index in [4.69, 9.17) is 5.41 Å². The van der Waals surface area contributed by atoms with Gasteiger partial charge in [-0.3, -0.25) is 5.41 Å². The highest BCUT2D eigenvalue weighted by atomic mass is 32.2. The summed E-state index contributed by atoms with van der Waals surface area (Å²) < 4.78 is 28.0. The minimum absolute atomic E-state index is 0.0826. The van der Waals surface area contributed by atoms with Crippen molar-refractivity contribution in [1.82, 2.24) is 9.62 Å². The Morgan fingerprint density at radius 3 is 2.31 bits per heavy atom. The van der Waals surface area contributed by atoms with Gasteiger partial charge < -0.3 is 5.32 Å². The lowest BCUT2D eigenvalue weighted by molar-refractivity contribution is 0.380.